The molecule has 4 aromatic rings. The fraction of sp³-hybridized carbons (Fsp3) is 0.190. The van der Waals surface area contributed by atoms with Crippen molar-refractivity contribution in [2.24, 2.45) is 14.1 Å². The Morgan fingerprint density at radius 3 is 2.45 bits per heavy atom. The summed E-state index contributed by atoms with van der Waals surface area (Å²) in [5.41, 5.74) is 1.67. The van der Waals surface area contributed by atoms with E-state index in [0.29, 0.717) is 11.3 Å². The Bertz CT molecular complexity index is 1330. The molecule has 0 aliphatic carbocycles. The van der Waals surface area contributed by atoms with Crippen molar-refractivity contribution in [3.05, 3.63) is 85.0 Å². The molecule has 2 aromatic carbocycles. The highest BCUT2D eigenvalue weighted by Gasteiger charge is 2.19. The molecular weight excluding hydrogens is 436 g/mol. The van der Waals surface area contributed by atoms with E-state index in [0.717, 1.165) is 15.6 Å². The van der Waals surface area contributed by atoms with Crippen LogP contribution in [0.3, 0.4) is 0 Å². The largest absolute Gasteiger partial charge is 0.425 e. The molecule has 0 saturated carbocycles. The second-order valence-corrected chi connectivity index (χ2v) is 7.82. The van der Waals surface area contributed by atoms with Crippen LogP contribution in [0.5, 0.6) is 11.8 Å². The molecule has 0 radical (unpaired) electrons. The Hall–Kier alpha value is -3.13. The van der Waals surface area contributed by atoms with Crippen molar-refractivity contribution in [3.8, 4) is 11.8 Å². The lowest BCUT2D eigenvalue weighted by Gasteiger charge is -2.09. The van der Waals surface area contributed by atoms with E-state index in [4.69, 9.17) is 4.74 Å². The van der Waals surface area contributed by atoms with Gasteiger partial charge in [-0.15, -0.1) is 0 Å². The first-order chi connectivity index (χ1) is 13.8. The molecule has 0 N–H and O–H groups in total. The van der Waals surface area contributed by atoms with Crippen LogP contribution in [0, 0.1) is 6.92 Å². The lowest BCUT2D eigenvalue weighted by Crippen LogP contribution is -2.39. The molecule has 0 unspecified atom stereocenters. The van der Waals surface area contributed by atoms with Gasteiger partial charge >= 0.3 is 11.7 Å². The van der Waals surface area contributed by atoms with E-state index in [9.17, 15) is 9.59 Å². The van der Waals surface area contributed by atoms with E-state index >= 15 is 0 Å². The van der Waals surface area contributed by atoms with Crippen LogP contribution in [-0.4, -0.2) is 18.7 Å². The molecule has 0 aliphatic rings. The summed E-state index contributed by atoms with van der Waals surface area (Å²) in [7, 11) is 3.31. The molecule has 29 heavy (non-hydrogen) atoms. The van der Waals surface area contributed by atoms with Gasteiger partial charge in [0, 0.05) is 18.6 Å². The standard InChI is InChI=1S/C21H19BrN4O3/c1-13-5-4-6-16(11-13)29-20-23-18-17(24(20)2)19(27)26(21(28)25(18)3)12-14-7-9-15(22)10-8-14/h4-11H,12H2,1-3H3. The van der Waals surface area contributed by atoms with Crippen LogP contribution in [0.2, 0.25) is 0 Å². The molecule has 0 aliphatic heterocycles. The molecule has 0 amide bonds. The van der Waals surface area contributed by atoms with Gasteiger partial charge in [-0.1, -0.05) is 40.2 Å². The number of hydrogen-bond donors (Lipinski definition) is 0. The van der Waals surface area contributed by atoms with Gasteiger partial charge in [0.05, 0.1) is 6.54 Å². The number of fused-ring (bicyclic) bond motifs is 1. The van der Waals surface area contributed by atoms with Crippen LogP contribution in [0.25, 0.3) is 11.2 Å². The number of halogens is 1. The van der Waals surface area contributed by atoms with Gasteiger partial charge in [0.1, 0.15) is 5.75 Å². The Labute approximate surface area is 174 Å². The predicted octanol–water partition coefficient (Wildman–Crippen LogP) is 3.35. The number of aromatic nitrogens is 4. The second kappa shape index (κ2) is 7.36. The Kier molecular flexibility index (Phi) is 4.87. The second-order valence-electron chi connectivity index (χ2n) is 6.90. The average molecular weight is 455 g/mol. The van der Waals surface area contributed by atoms with Gasteiger partial charge in [0.25, 0.3) is 5.56 Å². The van der Waals surface area contributed by atoms with E-state index in [2.05, 4.69) is 20.9 Å². The quantitative estimate of drug-likeness (QED) is 0.473. The molecular formula is C21H19BrN4O3. The third kappa shape index (κ3) is 3.51. The van der Waals surface area contributed by atoms with Gasteiger partial charge < -0.3 is 4.74 Å². The van der Waals surface area contributed by atoms with Gasteiger partial charge in [-0.05, 0) is 42.3 Å². The monoisotopic (exact) mass is 454 g/mol. The van der Waals surface area contributed by atoms with Crippen molar-refractivity contribution in [1.82, 2.24) is 18.7 Å². The molecule has 4 rings (SSSR count). The van der Waals surface area contributed by atoms with Gasteiger partial charge in [0.15, 0.2) is 11.2 Å². The molecule has 0 saturated heterocycles. The lowest BCUT2D eigenvalue weighted by molar-refractivity contribution is 0.427. The summed E-state index contributed by atoms with van der Waals surface area (Å²) < 4.78 is 11.0. The van der Waals surface area contributed by atoms with Gasteiger partial charge in [-0.3, -0.25) is 18.5 Å². The van der Waals surface area contributed by atoms with Crippen molar-refractivity contribution in [1.29, 1.82) is 0 Å². The van der Waals surface area contributed by atoms with Crippen molar-refractivity contribution >= 4 is 27.1 Å². The smallest absolute Gasteiger partial charge is 0.332 e. The molecule has 148 valence electrons. The molecule has 0 bridgehead atoms. The number of imidazole rings is 1. The van der Waals surface area contributed by atoms with Crippen LogP contribution in [-0.2, 0) is 20.6 Å². The zero-order valence-electron chi connectivity index (χ0n) is 16.2. The van der Waals surface area contributed by atoms with E-state index < -0.39 is 11.2 Å². The van der Waals surface area contributed by atoms with Crippen LogP contribution < -0.4 is 16.0 Å². The van der Waals surface area contributed by atoms with Crippen LogP contribution in [0.4, 0.5) is 0 Å². The summed E-state index contributed by atoms with van der Waals surface area (Å²) in [6.07, 6.45) is 0. The third-order valence-electron chi connectivity index (χ3n) is 4.77. The average Bonchev–Trinajstić information content (AvgIpc) is 3.01. The third-order valence-corrected chi connectivity index (χ3v) is 5.30. The van der Waals surface area contributed by atoms with Crippen molar-refractivity contribution in [2.45, 2.75) is 13.5 Å². The molecule has 0 spiro atoms. The van der Waals surface area contributed by atoms with E-state index in [1.807, 2.05) is 55.5 Å². The van der Waals surface area contributed by atoms with Crippen LogP contribution in [0.15, 0.2) is 62.6 Å². The normalized spacial score (nSPS) is 11.2. The Morgan fingerprint density at radius 2 is 1.76 bits per heavy atom. The summed E-state index contributed by atoms with van der Waals surface area (Å²) in [6.45, 7) is 2.14. The van der Waals surface area contributed by atoms with E-state index in [-0.39, 0.29) is 18.2 Å². The van der Waals surface area contributed by atoms with Gasteiger partial charge in [0.2, 0.25) is 0 Å². The first kappa shape index (κ1) is 19.2. The SMILES string of the molecule is Cc1cccc(Oc2nc3c(c(=O)n(Cc4ccc(Br)cc4)c(=O)n3C)n2C)c1. The number of ether oxygens (including phenoxy) is 1. The first-order valence-electron chi connectivity index (χ1n) is 9.00. The first-order valence-corrected chi connectivity index (χ1v) is 9.79. The molecule has 0 atom stereocenters. The molecule has 0 fully saturated rings. The summed E-state index contributed by atoms with van der Waals surface area (Å²) in [5, 5.41) is 0. The zero-order valence-corrected chi connectivity index (χ0v) is 17.8. The van der Waals surface area contributed by atoms with Gasteiger partial charge in [-0.2, -0.15) is 4.98 Å². The van der Waals surface area contributed by atoms with Crippen molar-refractivity contribution < 1.29 is 4.74 Å². The molecule has 2 aromatic heterocycles. The van der Waals surface area contributed by atoms with Gasteiger partial charge in [-0.25, -0.2) is 4.79 Å². The lowest BCUT2D eigenvalue weighted by atomic mass is 10.2. The summed E-state index contributed by atoms with van der Waals surface area (Å²) in [5.74, 6) is 0.614. The minimum atomic E-state index is -0.425. The maximum atomic E-state index is 13.1. The van der Waals surface area contributed by atoms with Crippen LogP contribution in [0.1, 0.15) is 11.1 Å². The molecule has 2 heterocycles. The number of benzene rings is 2. The zero-order chi connectivity index (χ0) is 20.7. The minimum absolute atomic E-state index is 0.175. The fourth-order valence-electron chi connectivity index (χ4n) is 3.21. The number of aryl methyl sites for hydroxylation is 3. The Balaban J connectivity index is 1.83. The molecule has 8 heteroatoms. The summed E-state index contributed by atoms with van der Waals surface area (Å²) in [6, 6.07) is 15.3. The topological polar surface area (TPSA) is 71.1 Å². The highest BCUT2D eigenvalue weighted by Crippen LogP contribution is 2.23. The highest BCUT2D eigenvalue weighted by atomic mass is 79.9. The molecule has 7 nitrogen and oxygen atoms in total. The van der Waals surface area contributed by atoms with Crippen molar-refractivity contribution in [3.63, 3.8) is 0 Å². The predicted molar refractivity (Wildman–Crippen MR) is 115 cm³/mol. The highest BCUT2D eigenvalue weighted by molar-refractivity contribution is 9.10. The number of rotatable bonds is 4. The Morgan fingerprint density at radius 1 is 1.03 bits per heavy atom. The maximum absolute atomic E-state index is 13.1. The van der Waals surface area contributed by atoms with Crippen molar-refractivity contribution in [2.75, 3.05) is 0 Å². The minimum Gasteiger partial charge on any atom is -0.425 e. The maximum Gasteiger partial charge on any atom is 0.332 e. The summed E-state index contributed by atoms with van der Waals surface area (Å²) in [4.78, 5) is 30.4. The number of hydrogen-bond acceptors (Lipinski definition) is 4. The van der Waals surface area contributed by atoms with E-state index in [1.165, 1.54) is 9.13 Å². The summed E-state index contributed by atoms with van der Waals surface area (Å²) >= 11 is 3.39. The van der Waals surface area contributed by atoms with E-state index in [1.54, 1.807) is 18.7 Å². The fourth-order valence-corrected chi connectivity index (χ4v) is 3.48. The van der Waals surface area contributed by atoms with Crippen LogP contribution >= 0.6 is 15.9 Å². The number of nitrogens with zero attached hydrogens (tertiary/aromatic N) is 4.